The van der Waals surface area contributed by atoms with E-state index >= 15 is 0 Å². The van der Waals surface area contributed by atoms with Gasteiger partial charge in [-0.3, -0.25) is 4.90 Å². The van der Waals surface area contributed by atoms with Gasteiger partial charge in [-0.2, -0.15) is 0 Å². The number of nitrogens with zero attached hydrogens (tertiary/aromatic N) is 2. The lowest BCUT2D eigenvalue weighted by atomic mass is 9.97. The first kappa shape index (κ1) is 15.3. The van der Waals surface area contributed by atoms with Crippen LogP contribution in [0.25, 0.3) is 0 Å². The molecular formula is C19H28N2O2. The van der Waals surface area contributed by atoms with Crippen molar-refractivity contribution < 1.29 is 9.47 Å². The second-order valence-electron chi connectivity index (χ2n) is 7.15. The molecule has 2 saturated heterocycles. The van der Waals surface area contributed by atoms with Crippen molar-refractivity contribution >= 4 is 0 Å². The summed E-state index contributed by atoms with van der Waals surface area (Å²) in [6, 6.07) is 7.66. The highest BCUT2D eigenvalue weighted by Gasteiger charge is 2.28. The van der Waals surface area contributed by atoms with E-state index in [1.54, 1.807) is 0 Å². The van der Waals surface area contributed by atoms with E-state index in [1.165, 1.54) is 63.8 Å². The summed E-state index contributed by atoms with van der Waals surface area (Å²) in [5.41, 5.74) is 1.34. The maximum Gasteiger partial charge on any atom is 0.231 e. The zero-order valence-corrected chi connectivity index (χ0v) is 14.2. The molecule has 4 rings (SSSR count). The number of benzene rings is 1. The zero-order chi connectivity index (χ0) is 15.6. The van der Waals surface area contributed by atoms with E-state index in [0.29, 0.717) is 12.8 Å². The molecule has 3 aliphatic heterocycles. The standard InChI is InChI=1S/C19H28N2O2/c1-15(16-5-6-18-19(13-16)23-14-22-18)20-11-7-17(8-12-20)21-9-3-2-4-10-21/h5-6,13,15,17H,2-4,7-12,14H2,1H3. The topological polar surface area (TPSA) is 24.9 Å². The summed E-state index contributed by atoms with van der Waals surface area (Å²) in [4.78, 5) is 5.37. The molecule has 4 nitrogen and oxygen atoms in total. The molecule has 4 heteroatoms. The van der Waals surface area contributed by atoms with Gasteiger partial charge in [-0.25, -0.2) is 0 Å². The first-order chi connectivity index (χ1) is 11.3. The third kappa shape index (κ3) is 3.20. The molecule has 0 amide bonds. The Morgan fingerprint density at radius 2 is 1.70 bits per heavy atom. The van der Waals surface area contributed by atoms with E-state index < -0.39 is 0 Å². The number of rotatable bonds is 3. The number of ether oxygens (including phenoxy) is 2. The first-order valence-corrected chi connectivity index (χ1v) is 9.19. The number of hydrogen-bond acceptors (Lipinski definition) is 4. The predicted octanol–water partition coefficient (Wildman–Crippen LogP) is 3.43. The molecule has 3 aliphatic rings. The van der Waals surface area contributed by atoms with Crippen LogP contribution in [0.15, 0.2) is 18.2 Å². The Morgan fingerprint density at radius 3 is 2.48 bits per heavy atom. The SMILES string of the molecule is CC(c1ccc2c(c1)OCO2)N1CCC(N2CCCCC2)CC1. The van der Waals surface area contributed by atoms with Crippen molar-refractivity contribution in [2.24, 2.45) is 0 Å². The fourth-order valence-corrected chi connectivity index (χ4v) is 4.31. The van der Waals surface area contributed by atoms with Gasteiger partial charge in [-0.15, -0.1) is 0 Å². The molecule has 1 aromatic rings. The summed E-state index contributed by atoms with van der Waals surface area (Å²) in [7, 11) is 0. The largest absolute Gasteiger partial charge is 0.454 e. The van der Waals surface area contributed by atoms with Gasteiger partial charge in [-0.05, 0) is 63.4 Å². The summed E-state index contributed by atoms with van der Waals surface area (Å²) in [5.74, 6) is 1.78. The number of hydrogen-bond donors (Lipinski definition) is 0. The maximum atomic E-state index is 5.53. The number of piperidine rings is 2. The van der Waals surface area contributed by atoms with Crippen molar-refractivity contribution in [3.8, 4) is 11.5 Å². The third-order valence-electron chi connectivity index (χ3n) is 5.83. The molecule has 2 fully saturated rings. The maximum absolute atomic E-state index is 5.53. The van der Waals surface area contributed by atoms with Gasteiger partial charge >= 0.3 is 0 Å². The van der Waals surface area contributed by atoms with E-state index in [-0.39, 0.29) is 0 Å². The average molecular weight is 316 g/mol. The number of likely N-dealkylation sites (tertiary alicyclic amines) is 2. The van der Waals surface area contributed by atoms with Gasteiger partial charge in [0.2, 0.25) is 6.79 Å². The second kappa shape index (κ2) is 6.70. The molecule has 1 unspecified atom stereocenters. The lowest BCUT2D eigenvalue weighted by Crippen LogP contribution is -2.47. The van der Waals surface area contributed by atoms with Crippen LogP contribution in [0.3, 0.4) is 0 Å². The molecule has 0 saturated carbocycles. The first-order valence-electron chi connectivity index (χ1n) is 9.19. The van der Waals surface area contributed by atoms with Crippen molar-refractivity contribution in [1.82, 2.24) is 9.80 Å². The molecule has 23 heavy (non-hydrogen) atoms. The van der Waals surface area contributed by atoms with Crippen LogP contribution in [0.4, 0.5) is 0 Å². The van der Waals surface area contributed by atoms with Gasteiger partial charge < -0.3 is 14.4 Å². The highest BCUT2D eigenvalue weighted by molar-refractivity contribution is 5.45. The van der Waals surface area contributed by atoms with E-state index in [9.17, 15) is 0 Å². The van der Waals surface area contributed by atoms with Gasteiger partial charge in [0, 0.05) is 25.2 Å². The van der Waals surface area contributed by atoms with Crippen molar-refractivity contribution in [1.29, 1.82) is 0 Å². The molecule has 1 aromatic carbocycles. The lowest BCUT2D eigenvalue weighted by molar-refractivity contribution is 0.0758. The van der Waals surface area contributed by atoms with Crippen LogP contribution in [0, 0.1) is 0 Å². The van der Waals surface area contributed by atoms with Crippen LogP contribution in [0.5, 0.6) is 11.5 Å². The molecule has 126 valence electrons. The van der Waals surface area contributed by atoms with Crippen molar-refractivity contribution in [3.05, 3.63) is 23.8 Å². The van der Waals surface area contributed by atoms with Crippen LogP contribution >= 0.6 is 0 Å². The van der Waals surface area contributed by atoms with E-state index in [1.807, 2.05) is 0 Å². The Labute approximate surface area is 139 Å². The molecular weight excluding hydrogens is 288 g/mol. The lowest BCUT2D eigenvalue weighted by Gasteiger charge is -2.42. The Balaban J connectivity index is 1.36. The van der Waals surface area contributed by atoms with Crippen LogP contribution in [0.2, 0.25) is 0 Å². The van der Waals surface area contributed by atoms with Crippen LogP contribution in [-0.4, -0.2) is 48.8 Å². The van der Waals surface area contributed by atoms with Crippen molar-refractivity contribution in [2.45, 2.75) is 51.1 Å². The van der Waals surface area contributed by atoms with E-state index in [2.05, 4.69) is 34.9 Å². The van der Waals surface area contributed by atoms with Gasteiger partial charge in [0.05, 0.1) is 0 Å². The molecule has 0 radical (unpaired) electrons. The summed E-state index contributed by atoms with van der Waals surface area (Å²) in [5, 5.41) is 0. The average Bonchev–Trinajstić information content (AvgIpc) is 3.10. The highest BCUT2D eigenvalue weighted by atomic mass is 16.7. The molecule has 0 N–H and O–H groups in total. The summed E-state index contributed by atoms with van der Waals surface area (Å²) in [6.07, 6.45) is 6.85. The Morgan fingerprint density at radius 1 is 0.957 bits per heavy atom. The molecule has 3 heterocycles. The molecule has 0 aliphatic carbocycles. The highest BCUT2D eigenvalue weighted by Crippen LogP contribution is 2.36. The summed E-state index contributed by atoms with van der Waals surface area (Å²) < 4.78 is 10.9. The van der Waals surface area contributed by atoms with Gasteiger partial charge in [0.1, 0.15) is 0 Å². The molecule has 0 bridgehead atoms. The van der Waals surface area contributed by atoms with Crippen molar-refractivity contribution in [3.63, 3.8) is 0 Å². The molecule has 0 spiro atoms. The molecule has 0 aromatic heterocycles. The van der Waals surface area contributed by atoms with Crippen LogP contribution < -0.4 is 9.47 Å². The third-order valence-corrected chi connectivity index (χ3v) is 5.83. The van der Waals surface area contributed by atoms with Gasteiger partial charge in [0.25, 0.3) is 0 Å². The fourth-order valence-electron chi connectivity index (χ4n) is 4.31. The smallest absolute Gasteiger partial charge is 0.231 e. The van der Waals surface area contributed by atoms with Gasteiger partial charge in [-0.1, -0.05) is 12.5 Å². The minimum Gasteiger partial charge on any atom is -0.454 e. The second-order valence-corrected chi connectivity index (χ2v) is 7.15. The molecule has 1 atom stereocenters. The normalized spacial score (nSPS) is 24.7. The van der Waals surface area contributed by atoms with E-state index in [4.69, 9.17) is 9.47 Å². The zero-order valence-electron chi connectivity index (χ0n) is 14.2. The Kier molecular flexibility index (Phi) is 4.45. The summed E-state index contributed by atoms with van der Waals surface area (Å²) >= 11 is 0. The van der Waals surface area contributed by atoms with E-state index in [0.717, 1.165) is 17.5 Å². The minimum atomic E-state index is 0.356. The number of fused-ring (bicyclic) bond motifs is 1. The predicted molar refractivity (Wildman–Crippen MR) is 91.0 cm³/mol. The minimum absolute atomic E-state index is 0.356. The van der Waals surface area contributed by atoms with Crippen LogP contribution in [-0.2, 0) is 0 Å². The Hall–Kier alpha value is -1.26. The fraction of sp³-hybridized carbons (Fsp3) is 0.684. The summed E-state index contributed by atoms with van der Waals surface area (Å²) in [6.45, 7) is 7.73. The quantitative estimate of drug-likeness (QED) is 0.853. The van der Waals surface area contributed by atoms with Gasteiger partial charge in [0.15, 0.2) is 11.5 Å². The Bertz CT molecular complexity index is 534. The monoisotopic (exact) mass is 316 g/mol. The van der Waals surface area contributed by atoms with Crippen LogP contribution in [0.1, 0.15) is 50.6 Å². The van der Waals surface area contributed by atoms with Crippen molar-refractivity contribution in [2.75, 3.05) is 33.0 Å².